The lowest BCUT2D eigenvalue weighted by molar-refractivity contribution is 0.0949. The van der Waals surface area contributed by atoms with Gasteiger partial charge >= 0.3 is 0 Å². The van der Waals surface area contributed by atoms with Crippen LogP contribution in [0.2, 0.25) is 0 Å². The number of amides is 1. The molecule has 0 atom stereocenters. The molecule has 0 aliphatic heterocycles. The summed E-state index contributed by atoms with van der Waals surface area (Å²) in [5.41, 5.74) is 9.81. The zero-order valence-electron chi connectivity index (χ0n) is 15.1. The van der Waals surface area contributed by atoms with E-state index >= 15 is 0 Å². The first-order valence-electron chi connectivity index (χ1n) is 8.54. The molecule has 3 aromatic rings. The van der Waals surface area contributed by atoms with Crippen molar-refractivity contribution in [3.8, 4) is 11.1 Å². The zero-order chi connectivity index (χ0) is 18.8. The minimum atomic E-state index is -0.400. The van der Waals surface area contributed by atoms with Crippen LogP contribution in [0.5, 0.6) is 0 Å². The van der Waals surface area contributed by atoms with E-state index in [1.807, 2.05) is 39.0 Å². The Bertz CT molecular complexity index is 1000. The van der Waals surface area contributed by atoms with Crippen LogP contribution >= 0.6 is 0 Å². The van der Waals surface area contributed by atoms with E-state index in [0.29, 0.717) is 23.0 Å². The predicted octanol–water partition coefficient (Wildman–Crippen LogP) is 3.77. The summed E-state index contributed by atoms with van der Waals surface area (Å²) in [4.78, 5) is 12.2. The predicted molar refractivity (Wildman–Crippen MR) is 101 cm³/mol. The molecule has 0 aliphatic carbocycles. The molecule has 0 aliphatic rings. The smallest absolute Gasteiger partial charge is 0.273 e. The minimum absolute atomic E-state index is 0.0597. The number of halogens is 1. The maximum absolute atomic E-state index is 14.7. The molecule has 1 aromatic heterocycles. The van der Waals surface area contributed by atoms with Crippen molar-refractivity contribution in [1.82, 2.24) is 15.5 Å². The molecule has 3 rings (SSSR count). The molecule has 5 nitrogen and oxygen atoms in total. The largest absolute Gasteiger partial charge is 0.396 e. The summed E-state index contributed by atoms with van der Waals surface area (Å²) < 4.78 is 14.7. The lowest BCUT2D eigenvalue weighted by Crippen LogP contribution is -2.26. The minimum Gasteiger partial charge on any atom is -0.396 e. The van der Waals surface area contributed by atoms with Crippen molar-refractivity contribution in [2.24, 2.45) is 0 Å². The van der Waals surface area contributed by atoms with Gasteiger partial charge in [-0.05, 0) is 43.5 Å². The van der Waals surface area contributed by atoms with Gasteiger partial charge in [0.25, 0.3) is 5.91 Å². The monoisotopic (exact) mass is 352 g/mol. The Hall–Kier alpha value is -3.02. The Morgan fingerprint density at radius 3 is 2.69 bits per heavy atom. The number of nitrogens with one attached hydrogen (secondary N) is 1. The average Bonchev–Trinajstić information content (AvgIpc) is 2.62. The number of hydrogen-bond acceptors (Lipinski definition) is 4. The van der Waals surface area contributed by atoms with E-state index < -0.39 is 5.82 Å². The van der Waals surface area contributed by atoms with Crippen LogP contribution in [0.3, 0.4) is 0 Å². The quantitative estimate of drug-likeness (QED) is 0.749. The van der Waals surface area contributed by atoms with E-state index in [1.165, 1.54) is 6.07 Å². The Kier molecular flexibility index (Phi) is 4.84. The number of nitrogens with zero attached hydrogens (tertiary/aromatic N) is 2. The van der Waals surface area contributed by atoms with Crippen molar-refractivity contribution in [1.29, 1.82) is 0 Å². The molecule has 1 heterocycles. The average molecular weight is 352 g/mol. The van der Waals surface area contributed by atoms with E-state index in [1.54, 1.807) is 6.07 Å². The van der Waals surface area contributed by atoms with Crippen molar-refractivity contribution in [2.45, 2.75) is 27.2 Å². The Morgan fingerprint density at radius 2 is 1.96 bits per heavy atom. The SMILES string of the molecule is CCCNC(=O)c1nnc2c(-c3cc(C)ccc3C)c(F)ccc2c1N. The number of aromatic nitrogens is 2. The van der Waals surface area contributed by atoms with Gasteiger partial charge in [0.1, 0.15) is 11.3 Å². The van der Waals surface area contributed by atoms with Crippen molar-refractivity contribution >= 4 is 22.5 Å². The van der Waals surface area contributed by atoms with Crippen LogP contribution in [0.25, 0.3) is 22.0 Å². The van der Waals surface area contributed by atoms with Gasteiger partial charge in [0.2, 0.25) is 0 Å². The maximum Gasteiger partial charge on any atom is 0.273 e. The fourth-order valence-corrected chi connectivity index (χ4v) is 2.92. The molecule has 0 unspecified atom stereocenters. The van der Waals surface area contributed by atoms with Crippen molar-refractivity contribution in [3.05, 3.63) is 53.0 Å². The summed E-state index contributed by atoms with van der Waals surface area (Å²) in [6, 6.07) is 8.71. The van der Waals surface area contributed by atoms with Crippen LogP contribution in [0.4, 0.5) is 10.1 Å². The van der Waals surface area contributed by atoms with Gasteiger partial charge in [0.15, 0.2) is 5.69 Å². The summed E-state index contributed by atoms with van der Waals surface area (Å²) >= 11 is 0. The maximum atomic E-state index is 14.7. The topological polar surface area (TPSA) is 80.9 Å². The van der Waals surface area contributed by atoms with E-state index in [-0.39, 0.29) is 17.3 Å². The summed E-state index contributed by atoms with van der Waals surface area (Å²) in [5.74, 6) is -0.778. The molecule has 0 spiro atoms. The fraction of sp³-hybridized carbons (Fsp3) is 0.250. The second-order valence-electron chi connectivity index (χ2n) is 6.36. The number of benzene rings is 2. The summed E-state index contributed by atoms with van der Waals surface area (Å²) in [7, 11) is 0. The highest BCUT2D eigenvalue weighted by molar-refractivity contribution is 6.07. The van der Waals surface area contributed by atoms with Crippen LogP contribution in [-0.4, -0.2) is 22.6 Å². The summed E-state index contributed by atoms with van der Waals surface area (Å²) in [6.45, 7) is 6.34. The number of carbonyl (C=O) groups excluding carboxylic acids is 1. The normalized spacial score (nSPS) is 10.9. The first kappa shape index (κ1) is 17.8. The Labute approximate surface area is 151 Å². The highest BCUT2D eigenvalue weighted by atomic mass is 19.1. The molecule has 26 heavy (non-hydrogen) atoms. The van der Waals surface area contributed by atoms with E-state index in [2.05, 4.69) is 15.5 Å². The van der Waals surface area contributed by atoms with Gasteiger partial charge in [-0.1, -0.05) is 30.7 Å². The van der Waals surface area contributed by atoms with Crippen molar-refractivity contribution in [2.75, 3.05) is 12.3 Å². The molecule has 0 saturated carbocycles. The molecule has 0 bridgehead atoms. The molecule has 2 aromatic carbocycles. The molecule has 1 amide bonds. The van der Waals surface area contributed by atoms with E-state index in [9.17, 15) is 9.18 Å². The number of rotatable bonds is 4. The highest BCUT2D eigenvalue weighted by Crippen LogP contribution is 2.35. The molecule has 3 N–H and O–H groups in total. The first-order chi connectivity index (χ1) is 12.4. The molecule has 0 saturated heterocycles. The standard InChI is InChI=1S/C20H21FN4O/c1-4-9-23-20(26)19-17(22)13-7-8-15(21)16(18(13)24-25-19)14-10-11(2)5-6-12(14)3/h5-8,10H,4,9H2,1-3H3,(H2,22,24)(H,23,26). The van der Waals surface area contributed by atoms with E-state index in [0.717, 1.165) is 23.1 Å². The van der Waals surface area contributed by atoms with Gasteiger partial charge in [0.05, 0.1) is 5.69 Å². The molecule has 0 radical (unpaired) electrons. The fourth-order valence-electron chi connectivity index (χ4n) is 2.92. The number of aryl methyl sites for hydroxylation is 2. The Morgan fingerprint density at radius 1 is 1.19 bits per heavy atom. The van der Waals surface area contributed by atoms with Crippen molar-refractivity contribution < 1.29 is 9.18 Å². The molecule has 6 heteroatoms. The highest BCUT2D eigenvalue weighted by Gasteiger charge is 2.20. The number of nitrogen functional groups attached to an aromatic ring is 1. The van der Waals surface area contributed by atoms with Gasteiger partial charge < -0.3 is 11.1 Å². The Balaban J connectivity index is 2.23. The third-order valence-corrected chi connectivity index (χ3v) is 4.34. The van der Waals surface area contributed by atoms with Crippen LogP contribution in [0.1, 0.15) is 35.0 Å². The number of fused-ring (bicyclic) bond motifs is 1. The van der Waals surface area contributed by atoms with Gasteiger partial charge in [-0.2, -0.15) is 0 Å². The van der Waals surface area contributed by atoms with Gasteiger partial charge in [0, 0.05) is 17.5 Å². The van der Waals surface area contributed by atoms with Crippen LogP contribution in [-0.2, 0) is 0 Å². The van der Waals surface area contributed by atoms with Crippen molar-refractivity contribution in [3.63, 3.8) is 0 Å². The number of hydrogen-bond donors (Lipinski definition) is 2. The third kappa shape index (κ3) is 3.10. The second kappa shape index (κ2) is 7.07. The molecule has 134 valence electrons. The van der Waals surface area contributed by atoms with Gasteiger partial charge in [-0.3, -0.25) is 4.79 Å². The lowest BCUT2D eigenvalue weighted by atomic mass is 9.95. The van der Waals surface area contributed by atoms with Gasteiger partial charge in [-0.25, -0.2) is 4.39 Å². The summed E-state index contributed by atoms with van der Waals surface area (Å²) in [5, 5.41) is 11.4. The molecule has 0 fully saturated rings. The number of carbonyl (C=O) groups is 1. The van der Waals surface area contributed by atoms with E-state index in [4.69, 9.17) is 5.73 Å². The van der Waals surface area contributed by atoms with Crippen LogP contribution < -0.4 is 11.1 Å². The van der Waals surface area contributed by atoms with Crippen LogP contribution in [0, 0.1) is 19.7 Å². The third-order valence-electron chi connectivity index (χ3n) is 4.34. The lowest BCUT2D eigenvalue weighted by Gasteiger charge is -2.13. The number of nitrogens with two attached hydrogens (primary N) is 1. The number of anilines is 1. The first-order valence-corrected chi connectivity index (χ1v) is 8.54. The summed E-state index contributed by atoms with van der Waals surface area (Å²) in [6.07, 6.45) is 0.800. The second-order valence-corrected chi connectivity index (χ2v) is 6.36. The van der Waals surface area contributed by atoms with Gasteiger partial charge in [-0.15, -0.1) is 10.2 Å². The molecular formula is C20H21FN4O. The van der Waals surface area contributed by atoms with Crippen LogP contribution in [0.15, 0.2) is 30.3 Å². The molecular weight excluding hydrogens is 331 g/mol. The zero-order valence-corrected chi connectivity index (χ0v) is 15.1.